The van der Waals surface area contributed by atoms with Crippen LogP contribution in [0.25, 0.3) is 0 Å². The topological polar surface area (TPSA) is 92.4 Å². The van der Waals surface area contributed by atoms with E-state index in [0.29, 0.717) is 12.1 Å². The van der Waals surface area contributed by atoms with Crippen LogP contribution in [0.5, 0.6) is 0 Å². The lowest BCUT2D eigenvalue weighted by Crippen LogP contribution is -2.39. The first-order chi connectivity index (χ1) is 10.0. The Labute approximate surface area is 124 Å². The second-order valence-corrected chi connectivity index (χ2v) is 6.48. The van der Waals surface area contributed by atoms with Crippen molar-refractivity contribution in [2.45, 2.75) is 17.4 Å². The van der Waals surface area contributed by atoms with E-state index in [9.17, 15) is 13.5 Å². The van der Waals surface area contributed by atoms with E-state index in [-0.39, 0.29) is 11.5 Å². The molecule has 0 aliphatic rings. The fraction of sp³-hybridized carbons (Fsp3) is 0.200. The van der Waals surface area contributed by atoms with E-state index < -0.39 is 16.1 Å². The maximum absolute atomic E-state index is 12.3. The van der Waals surface area contributed by atoms with Crippen LogP contribution in [0.4, 0.5) is 5.69 Å². The summed E-state index contributed by atoms with van der Waals surface area (Å²) in [7, 11) is -3.70. The summed E-state index contributed by atoms with van der Waals surface area (Å²) in [5, 5.41) is 9.40. The molecule has 2 aromatic rings. The number of rotatable bonds is 6. The number of anilines is 1. The number of benzene rings is 2. The van der Waals surface area contributed by atoms with Gasteiger partial charge in [-0.25, -0.2) is 13.1 Å². The van der Waals surface area contributed by atoms with Gasteiger partial charge in [-0.15, -0.1) is 0 Å². The molecule has 2 rings (SSSR count). The van der Waals surface area contributed by atoms with Gasteiger partial charge in [-0.3, -0.25) is 0 Å². The fourth-order valence-corrected chi connectivity index (χ4v) is 3.29. The molecule has 0 fully saturated rings. The normalized spacial score (nSPS) is 13.0. The number of aliphatic hydroxyl groups excluding tert-OH is 1. The Hall–Kier alpha value is -1.89. The van der Waals surface area contributed by atoms with Crippen LogP contribution >= 0.6 is 0 Å². The molecule has 0 unspecified atom stereocenters. The number of nitrogen functional groups attached to an aromatic ring is 1. The monoisotopic (exact) mass is 306 g/mol. The van der Waals surface area contributed by atoms with Crippen molar-refractivity contribution in [2.24, 2.45) is 0 Å². The third-order valence-electron chi connectivity index (χ3n) is 3.04. The Kier molecular flexibility index (Phi) is 4.95. The lowest BCUT2D eigenvalue weighted by molar-refractivity contribution is 0.256. The molecule has 6 heteroatoms. The molecule has 0 bridgehead atoms. The quantitative estimate of drug-likeness (QED) is 0.698. The van der Waals surface area contributed by atoms with Crippen molar-refractivity contribution in [1.29, 1.82) is 0 Å². The predicted octanol–water partition coefficient (Wildman–Crippen LogP) is 1.15. The van der Waals surface area contributed by atoms with E-state index in [4.69, 9.17) is 5.73 Å². The third-order valence-corrected chi connectivity index (χ3v) is 4.55. The molecule has 5 nitrogen and oxygen atoms in total. The molecule has 0 aromatic heterocycles. The lowest BCUT2D eigenvalue weighted by atomic mass is 10.1. The van der Waals surface area contributed by atoms with Crippen molar-refractivity contribution < 1.29 is 13.5 Å². The molecule has 2 aromatic carbocycles. The largest absolute Gasteiger partial charge is 0.399 e. The van der Waals surface area contributed by atoms with Crippen molar-refractivity contribution >= 4 is 15.7 Å². The number of hydrogen-bond acceptors (Lipinski definition) is 4. The summed E-state index contributed by atoms with van der Waals surface area (Å²) in [6, 6.07) is 14.9. The van der Waals surface area contributed by atoms with Gasteiger partial charge in [-0.1, -0.05) is 36.4 Å². The van der Waals surface area contributed by atoms with Gasteiger partial charge in [0, 0.05) is 11.7 Å². The fourth-order valence-electron chi connectivity index (χ4n) is 2.01. The van der Waals surface area contributed by atoms with Crippen molar-refractivity contribution in [2.75, 3.05) is 12.3 Å². The van der Waals surface area contributed by atoms with Crippen molar-refractivity contribution in [3.05, 3.63) is 60.2 Å². The van der Waals surface area contributed by atoms with E-state index in [2.05, 4.69) is 4.72 Å². The molecule has 0 spiro atoms. The van der Waals surface area contributed by atoms with E-state index >= 15 is 0 Å². The first kappa shape index (κ1) is 15.5. The summed E-state index contributed by atoms with van der Waals surface area (Å²) in [6.45, 7) is -0.281. The summed E-state index contributed by atoms with van der Waals surface area (Å²) in [5.74, 6) is 0. The van der Waals surface area contributed by atoms with Gasteiger partial charge in [0.1, 0.15) is 0 Å². The first-order valence-corrected chi connectivity index (χ1v) is 8.02. The van der Waals surface area contributed by atoms with Crippen LogP contribution in [0.15, 0.2) is 59.5 Å². The molecule has 0 heterocycles. The molecular formula is C15H18N2O3S. The Morgan fingerprint density at radius 3 is 2.43 bits per heavy atom. The predicted molar refractivity (Wildman–Crippen MR) is 82.2 cm³/mol. The molecule has 21 heavy (non-hydrogen) atoms. The second kappa shape index (κ2) is 6.71. The van der Waals surface area contributed by atoms with Crippen LogP contribution in [0, 0.1) is 0 Å². The molecule has 0 radical (unpaired) electrons. The number of aliphatic hydroxyl groups is 1. The van der Waals surface area contributed by atoms with Gasteiger partial charge >= 0.3 is 0 Å². The van der Waals surface area contributed by atoms with Crippen molar-refractivity contribution in [3.63, 3.8) is 0 Å². The van der Waals surface area contributed by atoms with Crippen LogP contribution in [-0.2, 0) is 16.4 Å². The molecular weight excluding hydrogens is 288 g/mol. The van der Waals surface area contributed by atoms with Crippen LogP contribution in [-0.4, -0.2) is 26.2 Å². The van der Waals surface area contributed by atoms with Gasteiger partial charge in [0.05, 0.1) is 11.5 Å². The molecule has 112 valence electrons. The maximum Gasteiger partial charge on any atom is 0.240 e. The van der Waals surface area contributed by atoms with E-state index in [0.717, 1.165) is 5.56 Å². The standard InChI is InChI=1S/C15H18N2O3S/c16-13-7-4-8-15(10-13)21(19,20)17-14(11-18)9-12-5-2-1-3-6-12/h1-8,10,14,17-18H,9,11,16H2/t14-/m0/s1. The minimum atomic E-state index is -3.70. The number of sulfonamides is 1. The van der Waals surface area contributed by atoms with Gasteiger partial charge in [-0.05, 0) is 30.2 Å². The summed E-state index contributed by atoms with van der Waals surface area (Å²) >= 11 is 0. The minimum Gasteiger partial charge on any atom is -0.399 e. The maximum atomic E-state index is 12.3. The highest BCUT2D eigenvalue weighted by Gasteiger charge is 2.20. The van der Waals surface area contributed by atoms with Crippen LogP contribution in [0.3, 0.4) is 0 Å². The molecule has 0 aliphatic carbocycles. The lowest BCUT2D eigenvalue weighted by Gasteiger charge is -2.16. The van der Waals surface area contributed by atoms with Crippen LogP contribution in [0.2, 0.25) is 0 Å². The van der Waals surface area contributed by atoms with E-state index in [1.54, 1.807) is 12.1 Å². The Bertz CT molecular complexity index is 687. The summed E-state index contributed by atoms with van der Waals surface area (Å²) in [5.41, 5.74) is 6.93. The third kappa shape index (κ3) is 4.29. The summed E-state index contributed by atoms with van der Waals surface area (Å²) < 4.78 is 27.0. The van der Waals surface area contributed by atoms with Crippen LogP contribution < -0.4 is 10.5 Å². The molecule has 0 saturated heterocycles. The highest BCUT2D eigenvalue weighted by atomic mass is 32.2. The molecule has 0 aliphatic heterocycles. The zero-order valence-corrected chi connectivity index (χ0v) is 12.3. The number of nitrogens with two attached hydrogens (primary N) is 1. The Balaban J connectivity index is 2.14. The average Bonchev–Trinajstić information content (AvgIpc) is 2.47. The van der Waals surface area contributed by atoms with Crippen molar-refractivity contribution in [1.82, 2.24) is 4.72 Å². The SMILES string of the molecule is Nc1cccc(S(=O)(=O)N[C@H](CO)Cc2ccccc2)c1. The van der Waals surface area contributed by atoms with Gasteiger partial charge in [0.15, 0.2) is 0 Å². The molecule has 0 amide bonds. The van der Waals surface area contributed by atoms with Crippen LogP contribution in [0.1, 0.15) is 5.56 Å². The Morgan fingerprint density at radius 1 is 1.10 bits per heavy atom. The molecule has 0 saturated carbocycles. The second-order valence-electron chi connectivity index (χ2n) is 4.76. The smallest absolute Gasteiger partial charge is 0.240 e. The van der Waals surface area contributed by atoms with Gasteiger partial charge < -0.3 is 10.8 Å². The van der Waals surface area contributed by atoms with Crippen molar-refractivity contribution in [3.8, 4) is 0 Å². The van der Waals surface area contributed by atoms with Gasteiger partial charge in [0.25, 0.3) is 0 Å². The number of nitrogens with one attached hydrogen (secondary N) is 1. The van der Waals surface area contributed by atoms with E-state index in [1.807, 2.05) is 30.3 Å². The number of hydrogen-bond donors (Lipinski definition) is 3. The summed E-state index contributed by atoms with van der Waals surface area (Å²) in [4.78, 5) is 0.0917. The summed E-state index contributed by atoms with van der Waals surface area (Å²) in [6.07, 6.45) is 0.416. The Morgan fingerprint density at radius 2 is 1.81 bits per heavy atom. The van der Waals surface area contributed by atoms with Gasteiger partial charge in [0.2, 0.25) is 10.0 Å². The average molecular weight is 306 g/mol. The van der Waals surface area contributed by atoms with E-state index in [1.165, 1.54) is 12.1 Å². The zero-order chi connectivity index (χ0) is 15.3. The molecule has 1 atom stereocenters. The zero-order valence-electron chi connectivity index (χ0n) is 11.4. The molecule has 4 N–H and O–H groups in total. The highest BCUT2D eigenvalue weighted by molar-refractivity contribution is 7.89. The highest BCUT2D eigenvalue weighted by Crippen LogP contribution is 2.14. The van der Waals surface area contributed by atoms with Gasteiger partial charge in [-0.2, -0.15) is 0 Å². The minimum absolute atomic E-state index is 0.0917. The first-order valence-electron chi connectivity index (χ1n) is 6.54.